The van der Waals surface area contributed by atoms with Crippen LogP contribution in [0, 0.1) is 0 Å². The van der Waals surface area contributed by atoms with Crippen LogP contribution in [0.5, 0.6) is 0 Å². The Labute approximate surface area is 85.8 Å². The van der Waals surface area contributed by atoms with Gasteiger partial charge in [0.1, 0.15) is 19.8 Å². The predicted molar refractivity (Wildman–Crippen MR) is 56.4 cm³/mol. The van der Waals surface area contributed by atoms with Crippen molar-refractivity contribution in [3.63, 3.8) is 0 Å². The lowest BCUT2D eigenvalue weighted by Gasteiger charge is -2.23. The Bertz CT molecular complexity index is 179. The first-order valence-electron chi connectivity index (χ1n) is 4.32. The molecular formula is C8H20NO4P+2. The van der Waals surface area contributed by atoms with Gasteiger partial charge in [-0.3, -0.25) is 0 Å². The van der Waals surface area contributed by atoms with Gasteiger partial charge in [0, 0.05) is 0 Å². The number of likely N-dealkylation sites (N-methyl/N-ethyl adjacent to an activating group) is 1. The molecule has 0 aliphatic rings. The van der Waals surface area contributed by atoms with Crippen LogP contribution < -0.4 is 0 Å². The number of quaternary nitrogens is 1. The van der Waals surface area contributed by atoms with Gasteiger partial charge in [0.05, 0.1) is 21.1 Å². The minimum absolute atomic E-state index is 0.0746. The maximum atomic E-state index is 9.21. The van der Waals surface area contributed by atoms with Crippen molar-refractivity contribution in [3.8, 4) is 0 Å². The van der Waals surface area contributed by atoms with Crippen molar-refractivity contribution in [2.45, 2.75) is 0 Å². The molecule has 0 aromatic rings. The zero-order valence-corrected chi connectivity index (χ0v) is 9.91. The second-order valence-electron chi connectivity index (χ2n) is 3.92. The molecule has 0 radical (unpaired) electrons. The second kappa shape index (κ2) is 5.75. The smallest absolute Gasteiger partial charge is 0.329 e. The molecule has 0 saturated carbocycles. The van der Waals surface area contributed by atoms with E-state index < -0.39 is 8.17 Å². The first-order chi connectivity index (χ1) is 6.27. The molecule has 0 aliphatic carbocycles. The zero-order chi connectivity index (χ0) is 11.2. The summed E-state index contributed by atoms with van der Waals surface area (Å²) in [4.78, 5) is 18.4. The van der Waals surface area contributed by atoms with Crippen LogP contribution in [0.4, 0.5) is 0 Å². The van der Waals surface area contributed by atoms with E-state index in [9.17, 15) is 9.79 Å². The molecule has 84 valence electrons. The largest absolute Gasteiger partial charge is 0.570 e. The molecule has 0 bridgehead atoms. The van der Waals surface area contributed by atoms with Crippen LogP contribution in [0.3, 0.4) is 0 Å². The highest BCUT2D eigenvalue weighted by atomic mass is 31.3. The van der Waals surface area contributed by atoms with Gasteiger partial charge < -0.3 is 4.48 Å². The number of rotatable bonds is 7. The van der Waals surface area contributed by atoms with Crippen LogP contribution in [-0.4, -0.2) is 55.2 Å². The Balaban J connectivity index is 3.70. The van der Waals surface area contributed by atoms with E-state index in [1.165, 1.54) is 6.08 Å². The number of nitrogens with zero attached hydrogens (tertiary/aromatic N) is 1. The Kier molecular flexibility index (Phi) is 5.74. The molecular weight excluding hydrogens is 209 g/mol. The molecule has 0 fully saturated rings. The minimum Gasteiger partial charge on any atom is -0.329 e. The van der Waals surface area contributed by atoms with E-state index >= 15 is 0 Å². The normalized spacial score (nSPS) is 12.9. The fourth-order valence-electron chi connectivity index (χ4n) is 0.621. The minimum atomic E-state index is -3.63. The van der Waals surface area contributed by atoms with Gasteiger partial charge >= 0.3 is 8.17 Å². The molecule has 0 atom stereocenters. The van der Waals surface area contributed by atoms with E-state index in [2.05, 4.69) is 11.1 Å². The molecule has 0 aliphatic heterocycles. The van der Waals surface area contributed by atoms with Crippen LogP contribution in [0.1, 0.15) is 0 Å². The van der Waals surface area contributed by atoms with Crippen molar-refractivity contribution in [2.24, 2.45) is 0 Å². The molecule has 0 spiro atoms. The summed E-state index contributed by atoms with van der Waals surface area (Å²) in [6, 6.07) is 0. The zero-order valence-electron chi connectivity index (χ0n) is 9.01. The van der Waals surface area contributed by atoms with Crippen molar-refractivity contribution in [1.29, 1.82) is 0 Å². The Hall–Kier alpha value is -0.0300. The van der Waals surface area contributed by atoms with Gasteiger partial charge in [-0.2, -0.15) is 9.79 Å². The van der Waals surface area contributed by atoms with Gasteiger partial charge in [0.25, 0.3) is 0 Å². The average molecular weight is 229 g/mol. The van der Waals surface area contributed by atoms with Gasteiger partial charge in [-0.15, -0.1) is 15.6 Å². The Morgan fingerprint density at radius 2 is 1.86 bits per heavy atom. The van der Waals surface area contributed by atoms with Crippen molar-refractivity contribution in [1.82, 2.24) is 0 Å². The third kappa shape index (κ3) is 8.56. The summed E-state index contributed by atoms with van der Waals surface area (Å²) in [5, 5.41) is 0. The first kappa shape index (κ1) is 14.0. The van der Waals surface area contributed by atoms with Gasteiger partial charge in [-0.05, 0) is 0 Å². The second-order valence-corrected chi connectivity index (χ2v) is 5.42. The highest BCUT2D eigenvalue weighted by Gasteiger charge is 2.39. The molecule has 6 heteroatoms. The predicted octanol–water partition coefficient (Wildman–Crippen LogP) is 0.574. The molecule has 5 nitrogen and oxygen atoms in total. The molecule has 0 aromatic heterocycles. The van der Waals surface area contributed by atoms with Crippen LogP contribution in [0.15, 0.2) is 12.7 Å². The monoisotopic (exact) mass is 229 g/mol. The SMILES string of the molecule is C=CC[17O][P+]([17OH])([17OH])[17O]CC[N+](C)(C)C. The average Bonchev–Trinajstić information content (AvgIpc) is 1.98. The van der Waals surface area contributed by atoms with Gasteiger partial charge in [0.15, 0.2) is 0 Å². The molecule has 0 amide bonds. The lowest BCUT2D eigenvalue weighted by molar-refractivity contribution is -0.870. The van der Waals surface area contributed by atoms with E-state index in [1.54, 1.807) is 0 Å². The summed E-state index contributed by atoms with van der Waals surface area (Å²) >= 11 is 0. The maximum absolute atomic E-state index is 9.21. The van der Waals surface area contributed by atoms with Gasteiger partial charge in [-0.1, -0.05) is 6.08 Å². The molecule has 0 saturated heterocycles. The van der Waals surface area contributed by atoms with Crippen molar-refractivity contribution >= 4 is 8.17 Å². The molecule has 0 heterocycles. The lowest BCUT2D eigenvalue weighted by Crippen LogP contribution is -2.37. The van der Waals surface area contributed by atoms with Crippen LogP contribution in [0.25, 0.3) is 0 Å². The molecule has 2 N–H and O–H groups in total. The third-order valence-electron chi connectivity index (χ3n) is 1.38. The number of hydrogen-bond acceptors (Lipinski definition) is 4. The highest BCUT2D eigenvalue weighted by molar-refractivity contribution is 7.54. The topological polar surface area (TPSA) is 58.9 Å². The summed E-state index contributed by atoms with van der Waals surface area (Å²) in [6.07, 6.45) is 1.43. The molecule has 0 unspecified atom stereocenters. The van der Waals surface area contributed by atoms with E-state index in [0.29, 0.717) is 11.0 Å². The Morgan fingerprint density at radius 3 is 2.29 bits per heavy atom. The third-order valence-corrected chi connectivity index (χ3v) is 2.39. The maximum Gasteiger partial charge on any atom is 0.570 e. The Morgan fingerprint density at radius 1 is 1.29 bits per heavy atom. The van der Waals surface area contributed by atoms with E-state index in [4.69, 9.17) is 4.52 Å². The van der Waals surface area contributed by atoms with E-state index in [-0.39, 0.29) is 13.2 Å². The molecule has 0 aromatic carbocycles. The van der Waals surface area contributed by atoms with Crippen LogP contribution in [-0.2, 0) is 9.05 Å². The quantitative estimate of drug-likeness (QED) is 0.381. The van der Waals surface area contributed by atoms with Crippen LogP contribution >= 0.6 is 8.17 Å². The van der Waals surface area contributed by atoms with Crippen molar-refractivity contribution < 1.29 is 23.3 Å². The molecule has 0 rings (SSSR count). The first-order valence-corrected chi connectivity index (χ1v) is 5.85. The summed E-state index contributed by atoms with van der Waals surface area (Å²) in [7, 11) is 2.34. The van der Waals surface area contributed by atoms with Crippen molar-refractivity contribution in [2.75, 3.05) is 40.9 Å². The summed E-state index contributed by atoms with van der Waals surface area (Å²) in [5.41, 5.74) is 0. The summed E-state index contributed by atoms with van der Waals surface area (Å²) in [5.74, 6) is 0. The van der Waals surface area contributed by atoms with E-state index in [0.717, 1.165) is 0 Å². The van der Waals surface area contributed by atoms with Gasteiger partial charge in [0.2, 0.25) is 0 Å². The van der Waals surface area contributed by atoms with Gasteiger partial charge in [-0.25, -0.2) is 0 Å². The fraction of sp³-hybridized carbons (Fsp3) is 0.750. The van der Waals surface area contributed by atoms with E-state index in [1.807, 2.05) is 21.1 Å². The van der Waals surface area contributed by atoms with Crippen molar-refractivity contribution in [3.05, 3.63) is 12.7 Å². The fourth-order valence-corrected chi connectivity index (χ4v) is 1.31. The summed E-state index contributed by atoms with van der Waals surface area (Å²) in [6.45, 7) is 4.40. The van der Waals surface area contributed by atoms with Crippen LogP contribution in [0.2, 0.25) is 0 Å². The molecule has 14 heavy (non-hydrogen) atoms. The lowest BCUT2D eigenvalue weighted by atomic mass is 10.5. The summed E-state index contributed by atoms with van der Waals surface area (Å²) < 4.78 is 10.2. The highest BCUT2D eigenvalue weighted by Crippen LogP contribution is 2.52. The standard InChI is InChI=1S/C8H20NO4P/c1-5-7-12-14(10,11)13-8-6-9(2,3)4/h5,10-11H,1,6-8H2,2-4H3/q+2/i10+1,11+1,12+1,13+1. The number of hydrogen-bond donors (Lipinski definition) is 2.